The Kier molecular flexibility index (Phi) is 6.69. The molecule has 1 aliphatic rings. The topological polar surface area (TPSA) is 66.8 Å². The molecule has 0 saturated carbocycles. The van der Waals surface area contributed by atoms with Crippen molar-refractivity contribution in [2.24, 2.45) is 0 Å². The number of aryl methyl sites for hydroxylation is 2. The minimum atomic E-state index is -0.885. The van der Waals surface area contributed by atoms with Crippen molar-refractivity contribution in [1.29, 1.82) is 0 Å². The Bertz CT molecular complexity index is 1310. The Morgan fingerprint density at radius 3 is 2.29 bits per heavy atom. The molecular weight excluding hydrogens is 473 g/mol. The summed E-state index contributed by atoms with van der Waals surface area (Å²) in [6.07, 6.45) is 0. The number of ether oxygens (including phenoxy) is 1. The molecule has 4 rings (SSSR count). The maximum absolute atomic E-state index is 13.3. The van der Waals surface area contributed by atoms with E-state index in [0.717, 1.165) is 11.1 Å². The zero-order chi connectivity index (χ0) is 24.6. The number of carbonyl (C=O) groups excluding carboxylic acids is 2. The summed E-state index contributed by atoms with van der Waals surface area (Å²) in [4.78, 5) is 27.9. The minimum Gasteiger partial charge on any atom is -0.507 e. The summed E-state index contributed by atoms with van der Waals surface area (Å²) >= 11 is 12.4. The number of halogens is 2. The number of Topliss-reactive ketones (excluding diaryl/α,β-unsaturated/α-hetero) is 1. The number of hydrogen-bond acceptors (Lipinski definition) is 4. The van der Waals surface area contributed by atoms with Crippen LogP contribution in [0.4, 0.5) is 5.69 Å². The van der Waals surface area contributed by atoms with Crippen molar-refractivity contribution < 1.29 is 19.4 Å². The number of aliphatic hydroxyl groups excluding tert-OH is 1. The van der Waals surface area contributed by atoms with Crippen LogP contribution in [0.25, 0.3) is 5.76 Å². The molecule has 5 nitrogen and oxygen atoms in total. The fraction of sp³-hybridized carbons (Fsp3) is 0.185. The summed E-state index contributed by atoms with van der Waals surface area (Å²) in [5, 5.41) is 11.9. The predicted molar refractivity (Wildman–Crippen MR) is 135 cm³/mol. The molecule has 1 aliphatic heterocycles. The average molecular weight is 496 g/mol. The van der Waals surface area contributed by atoms with Crippen molar-refractivity contribution in [3.63, 3.8) is 0 Å². The van der Waals surface area contributed by atoms with Crippen LogP contribution in [0.5, 0.6) is 5.75 Å². The summed E-state index contributed by atoms with van der Waals surface area (Å²) in [7, 11) is 0. The maximum atomic E-state index is 13.3. The van der Waals surface area contributed by atoms with E-state index in [0.29, 0.717) is 34.2 Å². The van der Waals surface area contributed by atoms with E-state index in [-0.39, 0.29) is 16.4 Å². The molecule has 7 heteroatoms. The fourth-order valence-electron chi connectivity index (χ4n) is 4.07. The van der Waals surface area contributed by atoms with Crippen LogP contribution < -0.4 is 9.64 Å². The molecule has 1 heterocycles. The van der Waals surface area contributed by atoms with Gasteiger partial charge >= 0.3 is 0 Å². The first kappa shape index (κ1) is 23.9. The number of rotatable bonds is 5. The van der Waals surface area contributed by atoms with Crippen LogP contribution in [0.1, 0.15) is 35.2 Å². The smallest absolute Gasteiger partial charge is 0.300 e. The highest BCUT2D eigenvalue weighted by atomic mass is 35.5. The van der Waals surface area contributed by atoms with Crippen LogP contribution in [0, 0.1) is 13.8 Å². The first-order valence-electron chi connectivity index (χ1n) is 10.8. The summed E-state index contributed by atoms with van der Waals surface area (Å²) in [5.41, 5.74) is 3.28. The first-order valence-corrected chi connectivity index (χ1v) is 11.5. The number of anilines is 1. The van der Waals surface area contributed by atoms with Gasteiger partial charge < -0.3 is 9.84 Å². The number of nitrogens with zero attached hydrogens (tertiary/aromatic N) is 1. The lowest BCUT2D eigenvalue weighted by Gasteiger charge is -2.26. The van der Waals surface area contributed by atoms with Crippen LogP contribution in [0.15, 0.2) is 66.2 Å². The summed E-state index contributed by atoms with van der Waals surface area (Å²) in [6.45, 7) is 6.17. The van der Waals surface area contributed by atoms with Crippen molar-refractivity contribution in [3.05, 3.63) is 98.5 Å². The van der Waals surface area contributed by atoms with Gasteiger partial charge in [-0.15, -0.1) is 0 Å². The third kappa shape index (κ3) is 4.29. The Balaban J connectivity index is 1.93. The Morgan fingerprint density at radius 1 is 0.971 bits per heavy atom. The van der Waals surface area contributed by atoms with Crippen LogP contribution in [0.2, 0.25) is 10.0 Å². The maximum Gasteiger partial charge on any atom is 0.300 e. The van der Waals surface area contributed by atoms with Crippen LogP contribution in [-0.2, 0) is 9.59 Å². The molecule has 0 radical (unpaired) electrons. The lowest BCUT2D eigenvalue weighted by molar-refractivity contribution is -0.132. The molecule has 0 aromatic heterocycles. The van der Waals surface area contributed by atoms with E-state index in [1.54, 1.807) is 48.5 Å². The Hall–Kier alpha value is -3.28. The van der Waals surface area contributed by atoms with E-state index in [9.17, 15) is 14.7 Å². The molecule has 34 heavy (non-hydrogen) atoms. The molecule has 0 aliphatic carbocycles. The number of benzene rings is 3. The van der Waals surface area contributed by atoms with Gasteiger partial charge in [-0.25, -0.2) is 0 Å². The lowest BCUT2D eigenvalue weighted by atomic mass is 9.94. The molecule has 0 spiro atoms. The molecule has 1 fully saturated rings. The monoisotopic (exact) mass is 495 g/mol. The highest BCUT2D eigenvalue weighted by Gasteiger charge is 2.47. The number of aliphatic hydroxyl groups is 1. The van der Waals surface area contributed by atoms with Crippen molar-refractivity contribution in [3.8, 4) is 5.75 Å². The minimum absolute atomic E-state index is 0.0208. The normalized spacial score (nSPS) is 17.3. The van der Waals surface area contributed by atoms with Crippen molar-refractivity contribution in [2.75, 3.05) is 11.5 Å². The summed E-state index contributed by atoms with van der Waals surface area (Å²) in [6, 6.07) is 16.4. The second kappa shape index (κ2) is 9.53. The van der Waals surface area contributed by atoms with Crippen molar-refractivity contribution >= 4 is 46.3 Å². The molecule has 174 valence electrons. The van der Waals surface area contributed by atoms with Gasteiger partial charge in [0.2, 0.25) is 0 Å². The molecule has 0 bridgehead atoms. The highest BCUT2D eigenvalue weighted by Crippen LogP contribution is 2.43. The molecule has 1 amide bonds. The highest BCUT2D eigenvalue weighted by molar-refractivity contribution is 6.51. The van der Waals surface area contributed by atoms with E-state index in [4.69, 9.17) is 27.9 Å². The van der Waals surface area contributed by atoms with E-state index in [1.165, 1.54) is 4.90 Å². The Labute approximate surface area is 208 Å². The Morgan fingerprint density at radius 2 is 1.68 bits per heavy atom. The zero-order valence-corrected chi connectivity index (χ0v) is 20.4. The van der Waals surface area contributed by atoms with Gasteiger partial charge in [0.1, 0.15) is 11.5 Å². The third-order valence-corrected chi connectivity index (χ3v) is 6.50. The quantitative estimate of drug-likeness (QED) is 0.245. The molecule has 1 unspecified atom stereocenters. The summed E-state index contributed by atoms with van der Waals surface area (Å²) < 4.78 is 5.58. The molecule has 1 atom stereocenters. The second-order valence-corrected chi connectivity index (χ2v) is 8.91. The number of amides is 1. The van der Waals surface area contributed by atoms with Crippen LogP contribution in [-0.4, -0.2) is 23.4 Å². The molecule has 3 aromatic rings. The van der Waals surface area contributed by atoms with E-state index in [2.05, 4.69) is 0 Å². The molecule has 3 aromatic carbocycles. The van der Waals surface area contributed by atoms with E-state index < -0.39 is 17.7 Å². The van der Waals surface area contributed by atoms with Gasteiger partial charge in [-0.2, -0.15) is 0 Å². The summed E-state index contributed by atoms with van der Waals surface area (Å²) in [5.74, 6) is -1.10. The lowest BCUT2D eigenvalue weighted by Crippen LogP contribution is -2.29. The van der Waals surface area contributed by atoms with Gasteiger partial charge in [0, 0.05) is 11.3 Å². The second-order valence-electron chi connectivity index (χ2n) is 8.09. The van der Waals surface area contributed by atoms with Crippen molar-refractivity contribution in [1.82, 2.24) is 0 Å². The van der Waals surface area contributed by atoms with Crippen LogP contribution in [0.3, 0.4) is 0 Å². The van der Waals surface area contributed by atoms with Crippen molar-refractivity contribution in [2.45, 2.75) is 26.8 Å². The SMILES string of the molecule is CCOc1ccc(/C(O)=C2/C(=O)C(=O)N(c3ccc(C)cc3)C2c2ccc(Cl)c(Cl)c2)cc1C. The number of carbonyl (C=O) groups is 2. The predicted octanol–water partition coefficient (Wildman–Crippen LogP) is 6.64. The molecular formula is C27H23Cl2NO4. The molecule has 1 saturated heterocycles. The van der Waals surface area contributed by atoms with Crippen LogP contribution >= 0.6 is 23.2 Å². The number of ketones is 1. The largest absolute Gasteiger partial charge is 0.507 e. The third-order valence-electron chi connectivity index (χ3n) is 5.76. The van der Waals surface area contributed by atoms with Gasteiger partial charge in [0.15, 0.2) is 0 Å². The average Bonchev–Trinajstić information content (AvgIpc) is 3.08. The first-order chi connectivity index (χ1) is 16.2. The van der Waals surface area contributed by atoms with Gasteiger partial charge in [0.05, 0.1) is 28.3 Å². The fourth-order valence-corrected chi connectivity index (χ4v) is 4.38. The van der Waals surface area contributed by atoms with Gasteiger partial charge in [-0.05, 0) is 74.4 Å². The molecule has 1 N–H and O–H groups in total. The van der Waals surface area contributed by atoms with E-state index in [1.807, 2.05) is 32.9 Å². The van der Waals surface area contributed by atoms with E-state index >= 15 is 0 Å². The number of hydrogen-bond donors (Lipinski definition) is 1. The van der Waals surface area contributed by atoms with Gasteiger partial charge in [-0.1, -0.05) is 47.0 Å². The van der Waals surface area contributed by atoms with Gasteiger partial charge in [-0.3, -0.25) is 14.5 Å². The zero-order valence-electron chi connectivity index (χ0n) is 18.9. The standard InChI is InChI=1S/C27H23Cl2NO4/c1-4-34-22-12-8-18(13-16(22)3)25(31)23-24(17-7-11-20(28)21(29)14-17)30(27(33)26(23)32)19-9-5-15(2)6-10-19/h5-14,24,31H,4H2,1-3H3/b25-23-. The van der Waals surface area contributed by atoms with Gasteiger partial charge in [0.25, 0.3) is 11.7 Å².